The quantitative estimate of drug-likeness (QED) is 0.244. The Bertz CT molecular complexity index is 1310. The van der Waals surface area contributed by atoms with Gasteiger partial charge in [0.2, 0.25) is 0 Å². The molecule has 0 aliphatic carbocycles. The van der Waals surface area contributed by atoms with Crippen molar-refractivity contribution in [2.24, 2.45) is 0 Å². The van der Waals surface area contributed by atoms with Crippen molar-refractivity contribution in [2.75, 3.05) is 6.61 Å². The number of benzene rings is 4. The van der Waals surface area contributed by atoms with E-state index in [0.717, 1.165) is 33.0 Å². The molecule has 0 amide bonds. The summed E-state index contributed by atoms with van der Waals surface area (Å²) >= 11 is 0. The minimum absolute atomic E-state index is 0.105. The lowest BCUT2D eigenvalue weighted by Gasteiger charge is -2.35. The van der Waals surface area contributed by atoms with Gasteiger partial charge in [-0.1, -0.05) is 105 Å². The van der Waals surface area contributed by atoms with Crippen LogP contribution in [0.15, 0.2) is 110 Å². The number of aliphatic hydroxyl groups excluding tert-OH is 1. The van der Waals surface area contributed by atoms with Crippen molar-refractivity contribution in [1.82, 2.24) is 0 Å². The third-order valence-electron chi connectivity index (χ3n) is 6.88. The first-order valence-corrected chi connectivity index (χ1v) is 14.0. The molecule has 1 heterocycles. The van der Waals surface area contributed by atoms with Gasteiger partial charge in [0.15, 0.2) is 0 Å². The van der Waals surface area contributed by atoms with E-state index < -0.39 is 24.4 Å². The number of rotatable bonds is 8. The summed E-state index contributed by atoms with van der Waals surface area (Å²) in [4.78, 5) is 0. The molecule has 1 N–H and O–H groups in total. The third-order valence-corrected chi connectivity index (χ3v) is 6.88. The molecule has 40 heavy (non-hydrogen) atoms. The number of aliphatic hydroxyl groups is 1. The molecular formula is C35H40O5. The molecule has 0 radical (unpaired) electrons. The maximum atomic E-state index is 11.3. The van der Waals surface area contributed by atoms with E-state index in [2.05, 4.69) is 30.8 Å². The monoisotopic (exact) mass is 540 g/mol. The SMILES string of the molecule is C=C[C@@H](OCc1ccccc1)C1OCc2cc3ccccc3cc2COCC(O)C1OCc1ccccc1.CC. The second-order valence-electron chi connectivity index (χ2n) is 9.58. The summed E-state index contributed by atoms with van der Waals surface area (Å²) in [7, 11) is 0. The van der Waals surface area contributed by atoms with E-state index in [4.69, 9.17) is 18.9 Å². The van der Waals surface area contributed by atoms with Gasteiger partial charge in [-0.15, -0.1) is 6.58 Å². The predicted molar refractivity (Wildman–Crippen MR) is 160 cm³/mol. The highest BCUT2D eigenvalue weighted by atomic mass is 16.6. The second kappa shape index (κ2) is 15.5. The van der Waals surface area contributed by atoms with Gasteiger partial charge >= 0.3 is 0 Å². The normalized spacial score (nSPS) is 20.0. The summed E-state index contributed by atoms with van der Waals surface area (Å²) in [5.74, 6) is 0. The first-order valence-electron chi connectivity index (χ1n) is 14.0. The fourth-order valence-electron chi connectivity index (χ4n) is 4.81. The van der Waals surface area contributed by atoms with Crippen molar-refractivity contribution in [3.63, 3.8) is 0 Å². The van der Waals surface area contributed by atoms with Gasteiger partial charge in [-0.05, 0) is 45.2 Å². The van der Waals surface area contributed by atoms with Crippen LogP contribution in [0.5, 0.6) is 0 Å². The molecular weight excluding hydrogens is 500 g/mol. The van der Waals surface area contributed by atoms with E-state index in [0.29, 0.717) is 26.4 Å². The first-order chi connectivity index (χ1) is 19.7. The number of fused-ring (bicyclic) bond motifs is 2. The van der Waals surface area contributed by atoms with Crippen molar-refractivity contribution in [2.45, 2.75) is 64.7 Å². The van der Waals surface area contributed by atoms with Crippen molar-refractivity contribution < 1.29 is 24.1 Å². The molecule has 1 aliphatic heterocycles. The zero-order valence-electron chi connectivity index (χ0n) is 23.4. The van der Waals surface area contributed by atoms with Gasteiger partial charge in [0.25, 0.3) is 0 Å². The molecule has 5 nitrogen and oxygen atoms in total. The lowest BCUT2D eigenvalue weighted by molar-refractivity contribution is -0.180. The van der Waals surface area contributed by atoms with Gasteiger partial charge in [0.1, 0.15) is 24.4 Å². The van der Waals surface area contributed by atoms with Gasteiger partial charge < -0.3 is 24.1 Å². The molecule has 4 aromatic rings. The van der Waals surface area contributed by atoms with Crippen molar-refractivity contribution in [3.05, 3.63) is 132 Å². The van der Waals surface area contributed by atoms with Crippen LogP contribution in [0.2, 0.25) is 0 Å². The first kappa shape index (κ1) is 29.7. The molecule has 0 saturated carbocycles. The number of ether oxygens (including phenoxy) is 4. The Hall–Kier alpha value is -3.32. The summed E-state index contributed by atoms with van der Waals surface area (Å²) in [5.41, 5.74) is 4.13. The minimum Gasteiger partial charge on any atom is -0.388 e. The van der Waals surface area contributed by atoms with Crippen molar-refractivity contribution >= 4 is 10.8 Å². The third kappa shape index (κ3) is 7.87. The molecule has 5 rings (SSSR count). The van der Waals surface area contributed by atoms with Crippen LogP contribution >= 0.6 is 0 Å². The zero-order valence-corrected chi connectivity index (χ0v) is 23.4. The maximum Gasteiger partial charge on any atom is 0.116 e. The van der Waals surface area contributed by atoms with Gasteiger partial charge in [-0.3, -0.25) is 0 Å². The Labute approximate surface area is 238 Å². The van der Waals surface area contributed by atoms with Crippen LogP contribution in [0.4, 0.5) is 0 Å². The summed E-state index contributed by atoms with van der Waals surface area (Å²) in [6.07, 6.45) is -1.03. The zero-order chi connectivity index (χ0) is 28.2. The topological polar surface area (TPSA) is 57.2 Å². The van der Waals surface area contributed by atoms with Crippen molar-refractivity contribution in [1.29, 1.82) is 0 Å². The largest absolute Gasteiger partial charge is 0.388 e. The van der Waals surface area contributed by atoms with Crippen LogP contribution in [-0.2, 0) is 45.4 Å². The Balaban J connectivity index is 0.00000181. The average molecular weight is 541 g/mol. The van der Waals surface area contributed by atoms with E-state index in [1.54, 1.807) is 6.08 Å². The molecule has 0 fully saturated rings. The van der Waals surface area contributed by atoms with Gasteiger partial charge in [-0.25, -0.2) is 0 Å². The summed E-state index contributed by atoms with van der Waals surface area (Å²) < 4.78 is 25.2. The molecule has 210 valence electrons. The van der Waals surface area contributed by atoms with Gasteiger partial charge in [0, 0.05) is 0 Å². The Morgan fingerprint density at radius 1 is 0.825 bits per heavy atom. The Morgan fingerprint density at radius 3 is 1.98 bits per heavy atom. The molecule has 4 atom stereocenters. The lowest BCUT2D eigenvalue weighted by Crippen LogP contribution is -2.49. The summed E-state index contributed by atoms with van der Waals surface area (Å²) in [6, 6.07) is 32.4. The van der Waals surface area contributed by atoms with Gasteiger partial charge in [0.05, 0.1) is 33.0 Å². The molecule has 3 unspecified atom stereocenters. The molecule has 0 aromatic heterocycles. The van der Waals surface area contributed by atoms with E-state index in [1.807, 2.05) is 86.6 Å². The fourth-order valence-corrected chi connectivity index (χ4v) is 4.81. The van der Waals surface area contributed by atoms with Crippen LogP contribution in [0, 0.1) is 0 Å². The van der Waals surface area contributed by atoms with E-state index in [1.165, 1.54) is 0 Å². The Morgan fingerprint density at radius 2 is 1.38 bits per heavy atom. The highest BCUT2D eigenvalue weighted by molar-refractivity contribution is 5.84. The van der Waals surface area contributed by atoms with E-state index >= 15 is 0 Å². The molecule has 5 heteroatoms. The van der Waals surface area contributed by atoms with E-state index in [9.17, 15) is 5.11 Å². The second-order valence-corrected chi connectivity index (χ2v) is 9.58. The van der Waals surface area contributed by atoms with Crippen LogP contribution < -0.4 is 0 Å². The minimum atomic E-state index is -0.923. The smallest absolute Gasteiger partial charge is 0.116 e. The number of hydrogen-bond donors (Lipinski definition) is 1. The van der Waals surface area contributed by atoms with Crippen LogP contribution in [-0.4, -0.2) is 36.1 Å². The van der Waals surface area contributed by atoms with Crippen LogP contribution in [0.3, 0.4) is 0 Å². The van der Waals surface area contributed by atoms with E-state index in [-0.39, 0.29) is 6.61 Å². The van der Waals surface area contributed by atoms with Crippen LogP contribution in [0.25, 0.3) is 10.8 Å². The predicted octanol–water partition coefficient (Wildman–Crippen LogP) is 7.00. The number of hydrogen-bond acceptors (Lipinski definition) is 5. The molecule has 0 bridgehead atoms. The highest BCUT2D eigenvalue weighted by Gasteiger charge is 2.36. The van der Waals surface area contributed by atoms with Gasteiger partial charge in [-0.2, -0.15) is 0 Å². The summed E-state index contributed by atoms with van der Waals surface area (Å²) in [5, 5.41) is 13.6. The molecule has 4 aromatic carbocycles. The van der Waals surface area contributed by atoms with Crippen LogP contribution in [0.1, 0.15) is 36.1 Å². The average Bonchev–Trinajstić information content (AvgIpc) is 3.01. The van der Waals surface area contributed by atoms with Crippen molar-refractivity contribution in [3.8, 4) is 0 Å². The molecule has 0 saturated heterocycles. The molecule has 0 spiro atoms. The lowest BCUT2D eigenvalue weighted by atomic mass is 9.99. The highest BCUT2D eigenvalue weighted by Crippen LogP contribution is 2.27. The fraction of sp³-hybridized carbons (Fsp3) is 0.314. The molecule has 1 aliphatic rings. The standard InChI is InChI=1S/C33H34O5.C2H6/c1-2-31(36-19-24-11-5-3-6-12-24)33-32(37-20-25-13-7-4-8-14-25)30(34)23-35-21-28-17-26-15-9-10-16-27(26)18-29(28)22-38-33;1-2/h2-18,30-34H,1,19-23H2;1-2H3/t30?,31-,32?,33?;/m1./s1. The summed E-state index contributed by atoms with van der Waals surface area (Å²) in [6.45, 7) is 9.56. The maximum absolute atomic E-state index is 11.3. The Kier molecular flexibility index (Phi) is 11.5.